The van der Waals surface area contributed by atoms with Crippen LogP contribution in [0.4, 0.5) is 5.13 Å². The first-order valence-electron chi connectivity index (χ1n) is 9.92. The van der Waals surface area contributed by atoms with Gasteiger partial charge < -0.3 is 20.0 Å². The lowest BCUT2D eigenvalue weighted by atomic mass is 10.2. The van der Waals surface area contributed by atoms with Crippen molar-refractivity contribution in [3.8, 4) is 0 Å². The van der Waals surface area contributed by atoms with Gasteiger partial charge in [-0.15, -0.1) is 11.3 Å². The smallest absolute Gasteiger partial charge is 0.254 e. The van der Waals surface area contributed by atoms with Crippen molar-refractivity contribution in [1.29, 1.82) is 0 Å². The Morgan fingerprint density at radius 3 is 2.61 bits per heavy atom. The van der Waals surface area contributed by atoms with Gasteiger partial charge in [-0.3, -0.25) is 14.4 Å². The number of nitrogens with one attached hydrogen (secondary N) is 2. The molecule has 2 heterocycles. The van der Waals surface area contributed by atoms with Crippen molar-refractivity contribution in [2.45, 2.75) is 26.3 Å². The number of amides is 3. The molecule has 2 aromatic heterocycles. The third-order valence-electron chi connectivity index (χ3n) is 4.32. The third-order valence-corrected chi connectivity index (χ3v) is 5.12. The number of thiazole rings is 1. The lowest BCUT2D eigenvalue weighted by Gasteiger charge is -2.21. The minimum absolute atomic E-state index is 0.0693. The van der Waals surface area contributed by atoms with Gasteiger partial charge in [-0.1, -0.05) is 25.1 Å². The molecule has 9 heteroatoms. The highest BCUT2D eigenvalue weighted by Gasteiger charge is 2.19. The summed E-state index contributed by atoms with van der Waals surface area (Å²) in [4.78, 5) is 43.0. The number of furan rings is 1. The standard InChI is InChI=1S/C22H24N4O4S/c1-2-10-26(21(29)16-7-4-3-5-8-16)14-20(28)25-22-24-17(15-31-22)12-19(27)23-13-18-9-6-11-30-18/h3-9,11,15H,2,10,12-14H2,1H3,(H,23,27)(H,24,25,28). The third kappa shape index (κ3) is 6.78. The van der Waals surface area contributed by atoms with E-state index in [0.29, 0.717) is 35.2 Å². The van der Waals surface area contributed by atoms with Crippen molar-refractivity contribution in [3.05, 3.63) is 71.1 Å². The van der Waals surface area contributed by atoms with Crippen LogP contribution in [0.3, 0.4) is 0 Å². The molecule has 0 saturated heterocycles. The Labute approximate surface area is 184 Å². The number of hydrogen-bond donors (Lipinski definition) is 2. The molecule has 3 aromatic rings. The van der Waals surface area contributed by atoms with Crippen LogP contribution in [0.1, 0.15) is 35.2 Å². The van der Waals surface area contributed by atoms with Crippen molar-refractivity contribution in [1.82, 2.24) is 15.2 Å². The fourth-order valence-corrected chi connectivity index (χ4v) is 3.62. The molecule has 0 radical (unpaired) electrons. The molecule has 2 N–H and O–H groups in total. The SMILES string of the molecule is CCCN(CC(=O)Nc1nc(CC(=O)NCc2ccco2)cs1)C(=O)c1ccccc1. The average molecular weight is 441 g/mol. The molecule has 3 amide bonds. The van der Waals surface area contributed by atoms with E-state index < -0.39 is 0 Å². The van der Waals surface area contributed by atoms with Crippen LogP contribution >= 0.6 is 11.3 Å². The molecule has 0 bridgehead atoms. The minimum Gasteiger partial charge on any atom is -0.467 e. The highest BCUT2D eigenvalue weighted by molar-refractivity contribution is 7.13. The predicted octanol–water partition coefficient (Wildman–Crippen LogP) is 3.09. The van der Waals surface area contributed by atoms with Crippen molar-refractivity contribution >= 4 is 34.2 Å². The second kappa shape index (κ2) is 11.1. The Morgan fingerprint density at radius 2 is 1.90 bits per heavy atom. The summed E-state index contributed by atoms with van der Waals surface area (Å²) in [6, 6.07) is 12.4. The van der Waals surface area contributed by atoms with Crippen molar-refractivity contribution < 1.29 is 18.8 Å². The molecule has 0 aliphatic rings. The molecule has 0 saturated carbocycles. The summed E-state index contributed by atoms with van der Waals surface area (Å²) < 4.78 is 5.17. The zero-order chi connectivity index (χ0) is 22.1. The molecular weight excluding hydrogens is 416 g/mol. The summed E-state index contributed by atoms with van der Waals surface area (Å²) in [5.74, 6) is -0.0463. The molecule has 1 aromatic carbocycles. The van der Waals surface area contributed by atoms with E-state index in [1.54, 1.807) is 48.0 Å². The summed E-state index contributed by atoms with van der Waals surface area (Å²) in [6.45, 7) is 2.66. The number of carbonyl (C=O) groups excluding carboxylic acids is 3. The lowest BCUT2D eigenvalue weighted by Crippen LogP contribution is -2.38. The number of carbonyl (C=O) groups is 3. The highest BCUT2D eigenvalue weighted by Crippen LogP contribution is 2.16. The van der Waals surface area contributed by atoms with Crippen LogP contribution in [0.5, 0.6) is 0 Å². The van der Waals surface area contributed by atoms with Gasteiger partial charge >= 0.3 is 0 Å². The van der Waals surface area contributed by atoms with E-state index >= 15 is 0 Å². The first kappa shape index (κ1) is 22.2. The summed E-state index contributed by atoms with van der Waals surface area (Å²) in [6.07, 6.45) is 2.38. The van der Waals surface area contributed by atoms with E-state index in [1.807, 2.05) is 13.0 Å². The van der Waals surface area contributed by atoms with Crippen LogP contribution in [0.25, 0.3) is 0 Å². The quantitative estimate of drug-likeness (QED) is 0.504. The molecule has 0 fully saturated rings. The molecule has 0 atom stereocenters. The van der Waals surface area contributed by atoms with Gasteiger partial charge in [0.15, 0.2) is 5.13 Å². The molecule has 3 rings (SSSR count). The van der Waals surface area contributed by atoms with Crippen LogP contribution in [-0.2, 0) is 22.6 Å². The zero-order valence-electron chi connectivity index (χ0n) is 17.2. The van der Waals surface area contributed by atoms with Gasteiger partial charge in [-0.05, 0) is 30.7 Å². The van der Waals surface area contributed by atoms with Gasteiger partial charge in [0.1, 0.15) is 12.3 Å². The summed E-state index contributed by atoms with van der Waals surface area (Å²) in [7, 11) is 0. The number of benzene rings is 1. The summed E-state index contributed by atoms with van der Waals surface area (Å²) >= 11 is 1.24. The fraction of sp³-hybridized carbons (Fsp3) is 0.273. The average Bonchev–Trinajstić information content (AvgIpc) is 3.44. The Balaban J connectivity index is 1.51. The summed E-state index contributed by atoms with van der Waals surface area (Å²) in [5.41, 5.74) is 1.10. The number of anilines is 1. The zero-order valence-corrected chi connectivity index (χ0v) is 18.0. The van der Waals surface area contributed by atoms with Crippen LogP contribution in [-0.4, -0.2) is 40.7 Å². The normalized spacial score (nSPS) is 10.5. The van der Waals surface area contributed by atoms with Crippen molar-refractivity contribution in [2.24, 2.45) is 0 Å². The van der Waals surface area contributed by atoms with Crippen LogP contribution < -0.4 is 10.6 Å². The van der Waals surface area contributed by atoms with E-state index in [2.05, 4.69) is 15.6 Å². The van der Waals surface area contributed by atoms with Gasteiger partial charge in [0.05, 0.1) is 24.9 Å². The molecule has 0 unspecified atom stereocenters. The predicted molar refractivity (Wildman–Crippen MR) is 118 cm³/mol. The second-order valence-electron chi connectivity index (χ2n) is 6.82. The Morgan fingerprint density at radius 1 is 1.10 bits per heavy atom. The highest BCUT2D eigenvalue weighted by atomic mass is 32.1. The maximum Gasteiger partial charge on any atom is 0.254 e. The van der Waals surface area contributed by atoms with Gasteiger partial charge in [-0.2, -0.15) is 0 Å². The molecule has 0 spiro atoms. The number of aromatic nitrogens is 1. The van der Waals surface area contributed by atoms with Crippen LogP contribution in [0.2, 0.25) is 0 Å². The van der Waals surface area contributed by atoms with E-state index in [9.17, 15) is 14.4 Å². The van der Waals surface area contributed by atoms with Gasteiger partial charge in [0.2, 0.25) is 11.8 Å². The largest absolute Gasteiger partial charge is 0.467 e. The topological polar surface area (TPSA) is 105 Å². The summed E-state index contributed by atoms with van der Waals surface area (Å²) in [5, 5.41) is 7.58. The van der Waals surface area contributed by atoms with Gasteiger partial charge in [-0.25, -0.2) is 4.98 Å². The number of nitrogens with zero attached hydrogens (tertiary/aromatic N) is 2. The molecular formula is C22H24N4O4S. The maximum atomic E-state index is 12.7. The van der Waals surface area contributed by atoms with Crippen LogP contribution in [0, 0.1) is 0 Å². The molecule has 162 valence electrons. The molecule has 0 aliphatic carbocycles. The van der Waals surface area contributed by atoms with Gasteiger partial charge in [0, 0.05) is 17.5 Å². The van der Waals surface area contributed by atoms with Gasteiger partial charge in [0.25, 0.3) is 5.91 Å². The molecule has 8 nitrogen and oxygen atoms in total. The second-order valence-corrected chi connectivity index (χ2v) is 7.68. The van der Waals surface area contributed by atoms with Crippen molar-refractivity contribution in [3.63, 3.8) is 0 Å². The van der Waals surface area contributed by atoms with Crippen LogP contribution in [0.15, 0.2) is 58.5 Å². The van der Waals surface area contributed by atoms with E-state index in [0.717, 1.165) is 6.42 Å². The van der Waals surface area contributed by atoms with E-state index in [1.165, 1.54) is 16.2 Å². The Kier molecular flexibility index (Phi) is 7.94. The molecule has 31 heavy (non-hydrogen) atoms. The first-order valence-corrected chi connectivity index (χ1v) is 10.8. The van der Waals surface area contributed by atoms with E-state index in [-0.39, 0.29) is 30.7 Å². The number of hydrogen-bond acceptors (Lipinski definition) is 6. The monoisotopic (exact) mass is 440 g/mol. The Bertz CT molecular complexity index is 1000. The fourth-order valence-electron chi connectivity index (χ4n) is 2.89. The van der Waals surface area contributed by atoms with E-state index in [4.69, 9.17) is 4.42 Å². The Hall–Kier alpha value is -3.46. The van der Waals surface area contributed by atoms with Crippen molar-refractivity contribution in [2.75, 3.05) is 18.4 Å². The minimum atomic E-state index is -0.332. The number of rotatable bonds is 10. The molecule has 0 aliphatic heterocycles. The maximum absolute atomic E-state index is 12.7. The lowest BCUT2D eigenvalue weighted by molar-refractivity contribution is -0.120. The first-order chi connectivity index (χ1) is 15.0.